The predicted molar refractivity (Wildman–Crippen MR) is 98.7 cm³/mol. The van der Waals surface area contributed by atoms with Crippen LogP contribution in [-0.4, -0.2) is 56.1 Å². The molecule has 9 heteroatoms. The van der Waals surface area contributed by atoms with Gasteiger partial charge in [-0.05, 0) is 37.5 Å². The maximum atomic E-state index is 13.0. The molecule has 0 unspecified atom stereocenters. The van der Waals surface area contributed by atoms with Gasteiger partial charge in [-0.3, -0.25) is 0 Å². The molecule has 0 bridgehead atoms. The summed E-state index contributed by atoms with van der Waals surface area (Å²) in [7, 11) is -0.667. The highest BCUT2D eigenvalue weighted by Gasteiger charge is 2.32. The van der Waals surface area contributed by atoms with Gasteiger partial charge < -0.3 is 14.2 Å². The molecule has 0 spiro atoms. The monoisotopic (exact) mass is 393 g/mol. The molecular weight excluding hydrogens is 370 g/mol. The Bertz CT molecular complexity index is 896. The van der Waals surface area contributed by atoms with E-state index in [0.29, 0.717) is 37.6 Å². The molecule has 2 heterocycles. The maximum Gasteiger partial charge on any atom is 0.319 e. The fourth-order valence-corrected chi connectivity index (χ4v) is 4.68. The molecule has 0 radical (unpaired) electrons. The van der Waals surface area contributed by atoms with Gasteiger partial charge in [-0.1, -0.05) is 6.07 Å². The predicted octanol–water partition coefficient (Wildman–Crippen LogP) is 2.03. The summed E-state index contributed by atoms with van der Waals surface area (Å²) in [5.41, 5.74) is 0.866. The van der Waals surface area contributed by atoms with Crippen molar-refractivity contribution >= 4 is 10.0 Å². The third-order valence-electron chi connectivity index (χ3n) is 4.42. The van der Waals surface area contributed by atoms with E-state index in [2.05, 4.69) is 9.97 Å². The number of hydrogen-bond acceptors (Lipinski definition) is 7. The van der Waals surface area contributed by atoms with Crippen molar-refractivity contribution in [2.45, 2.75) is 30.8 Å². The van der Waals surface area contributed by atoms with Gasteiger partial charge in [0.1, 0.15) is 16.7 Å². The first kappa shape index (κ1) is 19.4. The van der Waals surface area contributed by atoms with E-state index < -0.39 is 10.0 Å². The number of hydrogen-bond donors (Lipinski definition) is 0. The minimum absolute atomic E-state index is 0.115. The first-order chi connectivity index (χ1) is 12.9. The molecule has 3 rings (SSSR count). The van der Waals surface area contributed by atoms with Gasteiger partial charge in [0.05, 0.1) is 14.2 Å². The van der Waals surface area contributed by atoms with Gasteiger partial charge in [0.25, 0.3) is 0 Å². The van der Waals surface area contributed by atoms with Crippen molar-refractivity contribution in [2.75, 3.05) is 27.3 Å². The number of benzene rings is 1. The van der Waals surface area contributed by atoms with Crippen LogP contribution in [0.4, 0.5) is 0 Å². The fourth-order valence-electron chi connectivity index (χ4n) is 2.97. The minimum atomic E-state index is -3.63. The van der Waals surface area contributed by atoms with E-state index in [1.165, 1.54) is 18.5 Å². The molecule has 0 N–H and O–H groups in total. The third-order valence-corrected chi connectivity index (χ3v) is 6.34. The van der Waals surface area contributed by atoms with Crippen LogP contribution in [0.5, 0.6) is 17.6 Å². The second-order valence-electron chi connectivity index (χ2n) is 6.26. The van der Waals surface area contributed by atoms with Crippen molar-refractivity contribution in [1.29, 1.82) is 0 Å². The summed E-state index contributed by atoms with van der Waals surface area (Å²) in [6, 6.07) is 7.04. The summed E-state index contributed by atoms with van der Waals surface area (Å²) in [6.45, 7) is 2.59. The Labute approximate surface area is 159 Å². The lowest BCUT2D eigenvalue weighted by Gasteiger charge is -2.31. The number of ether oxygens (including phenoxy) is 3. The third kappa shape index (κ3) is 4.30. The number of aromatic nitrogens is 2. The number of rotatable bonds is 6. The second-order valence-corrected chi connectivity index (χ2v) is 8.16. The van der Waals surface area contributed by atoms with Crippen LogP contribution in [0.1, 0.15) is 18.4 Å². The average molecular weight is 393 g/mol. The Morgan fingerprint density at radius 3 is 2.52 bits per heavy atom. The first-order valence-corrected chi connectivity index (χ1v) is 10.1. The highest BCUT2D eigenvalue weighted by atomic mass is 32.2. The van der Waals surface area contributed by atoms with Gasteiger partial charge in [-0.15, -0.1) is 0 Å². The molecule has 0 atom stereocenters. The quantitative estimate of drug-likeness (QED) is 0.742. The van der Waals surface area contributed by atoms with E-state index in [-0.39, 0.29) is 17.0 Å². The number of aryl methyl sites for hydroxylation is 1. The number of sulfonamides is 1. The van der Waals surface area contributed by atoms with Crippen LogP contribution >= 0.6 is 0 Å². The lowest BCUT2D eigenvalue weighted by atomic mass is 10.1. The van der Waals surface area contributed by atoms with Gasteiger partial charge >= 0.3 is 6.01 Å². The molecular formula is C18H23N3O5S. The average Bonchev–Trinajstić information content (AvgIpc) is 2.68. The maximum absolute atomic E-state index is 13.0. The van der Waals surface area contributed by atoms with Crippen molar-refractivity contribution in [3.63, 3.8) is 0 Å². The summed E-state index contributed by atoms with van der Waals surface area (Å²) >= 11 is 0. The molecule has 8 nitrogen and oxygen atoms in total. The molecule has 1 aliphatic heterocycles. The van der Waals surface area contributed by atoms with Crippen LogP contribution in [-0.2, 0) is 10.0 Å². The number of methoxy groups -OCH3 is 2. The normalized spacial score (nSPS) is 16.1. The molecule has 1 aliphatic rings. The van der Waals surface area contributed by atoms with Crippen molar-refractivity contribution < 1.29 is 22.6 Å². The van der Waals surface area contributed by atoms with E-state index in [4.69, 9.17) is 14.2 Å². The molecule has 0 amide bonds. The Hall–Kier alpha value is -2.39. The summed E-state index contributed by atoms with van der Waals surface area (Å²) in [5.74, 6) is 0.774. The molecule has 0 saturated carbocycles. The summed E-state index contributed by atoms with van der Waals surface area (Å²) < 4.78 is 43.6. The highest BCUT2D eigenvalue weighted by Crippen LogP contribution is 2.30. The largest absolute Gasteiger partial charge is 0.495 e. The van der Waals surface area contributed by atoms with Crippen LogP contribution in [0.15, 0.2) is 35.4 Å². The van der Waals surface area contributed by atoms with E-state index in [1.54, 1.807) is 24.4 Å². The smallest absolute Gasteiger partial charge is 0.319 e. The Kier molecular flexibility index (Phi) is 5.81. The van der Waals surface area contributed by atoms with Crippen molar-refractivity contribution in [3.05, 3.63) is 36.0 Å². The highest BCUT2D eigenvalue weighted by molar-refractivity contribution is 7.89. The van der Waals surface area contributed by atoms with E-state index in [1.807, 2.05) is 13.0 Å². The van der Waals surface area contributed by atoms with Crippen molar-refractivity contribution in [2.24, 2.45) is 0 Å². The standard InChI is InChI=1S/C18H23N3O5S/c1-13-4-5-15(24-2)16(12-13)27(22,23)21-10-7-14(8-11-21)26-17-6-9-19-18(20-17)25-3/h4-6,9,12,14H,7-8,10-11H2,1-3H3. The molecule has 146 valence electrons. The van der Waals surface area contributed by atoms with E-state index >= 15 is 0 Å². The molecule has 2 aromatic rings. The number of piperidine rings is 1. The molecule has 27 heavy (non-hydrogen) atoms. The van der Waals surface area contributed by atoms with Crippen LogP contribution in [0.25, 0.3) is 0 Å². The zero-order valence-electron chi connectivity index (χ0n) is 15.6. The van der Waals surface area contributed by atoms with Gasteiger partial charge in [-0.2, -0.15) is 9.29 Å². The van der Waals surface area contributed by atoms with Gasteiger partial charge in [0.15, 0.2) is 0 Å². The topological polar surface area (TPSA) is 90.9 Å². The van der Waals surface area contributed by atoms with E-state index in [9.17, 15) is 8.42 Å². The van der Waals surface area contributed by atoms with Crippen molar-refractivity contribution in [3.8, 4) is 17.6 Å². The molecule has 1 saturated heterocycles. The Morgan fingerprint density at radius 1 is 1.11 bits per heavy atom. The van der Waals surface area contributed by atoms with Crippen molar-refractivity contribution in [1.82, 2.24) is 14.3 Å². The van der Waals surface area contributed by atoms with Gasteiger partial charge in [0, 0.05) is 25.4 Å². The summed E-state index contributed by atoms with van der Waals surface area (Å²) in [6.07, 6.45) is 2.58. The zero-order valence-corrected chi connectivity index (χ0v) is 16.4. The SMILES string of the molecule is COc1nccc(OC2CCN(S(=O)(=O)c3cc(C)ccc3OC)CC2)n1. The zero-order chi connectivity index (χ0) is 19.4. The van der Waals surface area contributed by atoms with E-state index in [0.717, 1.165) is 5.56 Å². The molecule has 1 aromatic carbocycles. The fraction of sp³-hybridized carbons (Fsp3) is 0.444. The van der Waals surface area contributed by atoms with Crippen LogP contribution < -0.4 is 14.2 Å². The minimum Gasteiger partial charge on any atom is -0.495 e. The van der Waals surface area contributed by atoms with Crippen LogP contribution in [0, 0.1) is 6.92 Å². The molecule has 1 fully saturated rings. The molecule has 0 aliphatic carbocycles. The molecule has 1 aromatic heterocycles. The Morgan fingerprint density at radius 2 is 1.85 bits per heavy atom. The Balaban J connectivity index is 1.68. The van der Waals surface area contributed by atoms with Gasteiger partial charge in [-0.25, -0.2) is 13.4 Å². The van der Waals surface area contributed by atoms with Gasteiger partial charge in [0.2, 0.25) is 15.9 Å². The summed E-state index contributed by atoms with van der Waals surface area (Å²) in [4.78, 5) is 8.27. The van der Waals surface area contributed by atoms with Crippen LogP contribution in [0.2, 0.25) is 0 Å². The number of nitrogens with zero attached hydrogens (tertiary/aromatic N) is 3. The second kappa shape index (κ2) is 8.10. The first-order valence-electron chi connectivity index (χ1n) is 8.62. The summed E-state index contributed by atoms with van der Waals surface area (Å²) in [5, 5.41) is 0. The lowest BCUT2D eigenvalue weighted by Crippen LogP contribution is -2.41. The van der Waals surface area contributed by atoms with Crippen LogP contribution in [0.3, 0.4) is 0 Å². The lowest BCUT2D eigenvalue weighted by molar-refractivity contribution is 0.128.